The molecule has 3 aromatic carbocycles. The third-order valence-corrected chi connectivity index (χ3v) is 19.9. The van der Waals surface area contributed by atoms with E-state index in [1.807, 2.05) is 35.6 Å². The number of primary amides is 2. The molecule has 0 saturated carbocycles. The second-order valence-electron chi connectivity index (χ2n) is 29.1. The summed E-state index contributed by atoms with van der Waals surface area (Å²) in [6.45, 7) is -1.11. The molecule has 42 nitrogen and oxygen atoms in total. The first kappa shape index (κ1) is 92.7. The molecule has 1 aromatic heterocycles. The minimum Gasteiger partial charge on any atom is -0.480 e. The molecule has 4 aromatic rings. The fourth-order valence-corrected chi connectivity index (χ4v) is 13.2. The second-order valence-corrected chi connectivity index (χ2v) is 29.1. The Bertz CT molecular complexity index is 4150. The number of nitrogens with one attached hydrogen (secondary N) is 12. The van der Waals surface area contributed by atoms with Crippen molar-refractivity contribution in [1.29, 1.82) is 0 Å². The van der Waals surface area contributed by atoms with Crippen molar-refractivity contribution in [1.82, 2.24) is 68.4 Å². The number of fused-ring (bicyclic) bond motifs is 2. The Morgan fingerprint density at radius 3 is 1.74 bits per heavy atom. The minimum atomic E-state index is -2.73. The zero-order valence-electron chi connectivity index (χ0n) is 64.1. The minimum absolute atomic E-state index is 0.116. The number of aliphatic carboxylic acids is 1. The number of benzene rings is 3. The number of hydrogen-bond donors (Lipinski definition) is 24. The quantitative estimate of drug-likeness (QED) is 0.0388. The highest BCUT2D eigenvalue weighted by Crippen LogP contribution is 2.27. The zero-order valence-corrected chi connectivity index (χ0v) is 64.1. The molecule has 0 radical (unpaired) electrons. The summed E-state index contributed by atoms with van der Waals surface area (Å²) in [5.41, 5.74) is 12.5. The smallest absolute Gasteiger partial charge is 0.326 e. The molecule has 1 unspecified atom stereocenters. The highest BCUT2D eigenvalue weighted by Gasteiger charge is 2.46. The summed E-state index contributed by atoms with van der Waals surface area (Å²) in [5.74, 6) is -22.5. The Balaban J connectivity index is 1.41. The van der Waals surface area contributed by atoms with Crippen molar-refractivity contribution in [2.24, 2.45) is 17.4 Å². The van der Waals surface area contributed by atoms with E-state index in [9.17, 15) is 113 Å². The SMILES string of the molecule is CC(CCc1ccccc1)C[C@H](O)[C@H]1CC(=O)N[C@@H](CO)C(=O)N[C@@H]2C[n+]3cc(n([C@H]4OC[C@@H](O)[C@@H](O)[C@@H]4O)c3)C[C@H](NC(=O)CCC[C@@H](C(=O)O)NC(=O)[C@H](O)CNC(=O)[C@H]([C@@H](C)c3ccccc3)NC(=O)[C@H]([C@@H](O)C(N)=O)NC(=O)[C@H](CC(N)=O)NC2=O)C(=O)N[C@@H]([C@H](C)O)C(=O)N[C@@H](CO)C(=O)N[C@@H](Cc2ccccc2)C(=O)N1. The molecule has 14 amide bonds. The van der Waals surface area contributed by atoms with Gasteiger partial charge in [-0.2, -0.15) is 0 Å². The third-order valence-electron chi connectivity index (χ3n) is 19.9. The van der Waals surface area contributed by atoms with Crippen LogP contribution in [0.5, 0.6) is 0 Å². The standard InChI is InChI=1S/C75H102N16O26/c1-36(22-23-39-14-7-4-8-15-39)24-51(95)44-28-56(100)80-49(32-92)68(109)85-48-31-90-30-42(91(35-90)74-62(103)60(101)53(97)34-117-74)26-46(65(106)88-58(38(3)94)72(113)86-50(33-93)69(110)83-45(64(105)82-44)25-40-16-9-5-10-17-40)79-55(99)21-13-20-43(75(115)116)81-70(111)52(96)29-78-71(112)57(37(2)41-18-11-6-12-19-41)87-73(114)59(61(102)63(77)104)89-66(107)47(27-54(76)98)84-67(48)108/h4-12,14-19,30,35-38,43-53,57-62,74,92-97,101-103H,13,20-29,31-34H2,1-3H3,(H16-,76,77,78,79,80,81,82,83,84,85,86,87,88,89,98,99,100,104,105,106,107,108,109,110,111,112,113,114,115,116)/p+1/t36?,37-,38-,43-,44+,45-,46-,47-,48+,49-,50-,51-,52+,53+,57-,58-,59-,60+,61+,62-,74-/m0/s1. The number of rotatable bonds is 19. The topological polar surface area (TPSA) is 673 Å². The van der Waals surface area contributed by atoms with Crippen LogP contribution in [0.3, 0.4) is 0 Å². The van der Waals surface area contributed by atoms with E-state index in [0.29, 0.717) is 24.0 Å². The predicted molar refractivity (Wildman–Crippen MR) is 402 cm³/mol. The molecular formula is C75H103N16O26+. The fraction of sp³-hybridized carbons (Fsp3) is 0.520. The number of aliphatic hydroxyl groups excluding tert-OH is 9. The number of amides is 14. The molecule has 0 spiro atoms. The number of ether oxygens (including phenoxy) is 1. The van der Waals surface area contributed by atoms with E-state index >= 15 is 9.59 Å². The average Bonchev–Trinajstić information content (AvgIpc) is 1.66. The number of carboxylic acid groups (broad SMARTS) is 1. The van der Waals surface area contributed by atoms with Crippen LogP contribution >= 0.6 is 0 Å². The van der Waals surface area contributed by atoms with Crippen LogP contribution in [0.4, 0.5) is 0 Å². The summed E-state index contributed by atoms with van der Waals surface area (Å²) < 4.78 is 7.78. The van der Waals surface area contributed by atoms with E-state index in [1.165, 1.54) is 31.2 Å². The van der Waals surface area contributed by atoms with Crippen LogP contribution in [-0.2, 0) is 102 Å². The number of carbonyl (C=O) groups excluding carboxylic acids is 14. The van der Waals surface area contributed by atoms with Gasteiger partial charge in [0.2, 0.25) is 89.3 Å². The van der Waals surface area contributed by atoms with Gasteiger partial charge in [-0.3, -0.25) is 67.1 Å². The van der Waals surface area contributed by atoms with Gasteiger partial charge in [-0.05, 0) is 61.6 Å². The maximum atomic E-state index is 15.3. The summed E-state index contributed by atoms with van der Waals surface area (Å²) >= 11 is 0. The average molecular weight is 1640 g/mol. The van der Waals surface area contributed by atoms with Crippen molar-refractivity contribution >= 4 is 88.7 Å². The first-order chi connectivity index (χ1) is 55.5. The normalized spacial score (nSPS) is 28.1. The van der Waals surface area contributed by atoms with Gasteiger partial charge in [-0.1, -0.05) is 105 Å². The van der Waals surface area contributed by atoms with Gasteiger partial charge >= 0.3 is 5.97 Å². The van der Waals surface area contributed by atoms with Crippen LogP contribution in [-0.4, -0.2) is 280 Å². The fourth-order valence-electron chi connectivity index (χ4n) is 13.2. The summed E-state index contributed by atoms with van der Waals surface area (Å²) in [7, 11) is 0. The summed E-state index contributed by atoms with van der Waals surface area (Å²) in [6.07, 6.45) is -18.7. The monoisotopic (exact) mass is 1640 g/mol. The molecule has 3 aliphatic heterocycles. The molecule has 21 atom stereocenters. The van der Waals surface area contributed by atoms with E-state index in [4.69, 9.17) is 16.2 Å². The highest BCUT2D eigenvalue weighted by atomic mass is 16.5. The van der Waals surface area contributed by atoms with Gasteiger partial charge in [0.25, 0.3) is 5.91 Å². The first-order valence-corrected chi connectivity index (χ1v) is 37.7. The summed E-state index contributed by atoms with van der Waals surface area (Å²) in [5, 5.41) is 139. The molecule has 4 heterocycles. The third kappa shape index (κ3) is 27.1. The molecule has 638 valence electrons. The first-order valence-electron chi connectivity index (χ1n) is 37.7. The maximum Gasteiger partial charge on any atom is 0.326 e. The number of carboxylic acids is 1. The number of aryl methyl sites for hydroxylation is 1. The van der Waals surface area contributed by atoms with Crippen molar-refractivity contribution in [3.05, 3.63) is 126 Å². The highest BCUT2D eigenvalue weighted by molar-refractivity contribution is 6.01. The van der Waals surface area contributed by atoms with Crippen LogP contribution in [0.25, 0.3) is 0 Å². The van der Waals surface area contributed by atoms with E-state index in [1.54, 1.807) is 43.3 Å². The Morgan fingerprint density at radius 2 is 1.13 bits per heavy atom. The van der Waals surface area contributed by atoms with Gasteiger partial charge in [0, 0.05) is 31.6 Å². The number of aliphatic hydroxyl groups is 9. The molecule has 1 saturated heterocycles. The molecule has 0 aliphatic carbocycles. The Kier molecular flexibility index (Phi) is 34.9. The molecule has 3 aliphatic rings. The van der Waals surface area contributed by atoms with Gasteiger partial charge < -0.3 is 131 Å². The Morgan fingerprint density at radius 1 is 0.573 bits per heavy atom. The summed E-state index contributed by atoms with van der Waals surface area (Å²) in [4.78, 5) is 214. The van der Waals surface area contributed by atoms with Gasteiger partial charge in [0.15, 0.2) is 6.10 Å². The van der Waals surface area contributed by atoms with Gasteiger partial charge in [-0.25, -0.2) is 13.9 Å². The van der Waals surface area contributed by atoms with E-state index < -0.39 is 281 Å². The lowest BCUT2D eigenvalue weighted by Gasteiger charge is -2.33. The molecule has 42 heteroatoms. The number of imidazole rings is 1. The Labute approximate surface area is 669 Å². The predicted octanol–water partition coefficient (Wildman–Crippen LogP) is -10.4. The lowest BCUT2D eigenvalue weighted by Crippen LogP contribution is -2.64. The molecule has 4 bridgehead atoms. The van der Waals surface area contributed by atoms with E-state index in [0.717, 1.165) is 34.1 Å². The van der Waals surface area contributed by atoms with Crippen molar-refractivity contribution in [3.8, 4) is 0 Å². The van der Waals surface area contributed by atoms with Crippen molar-refractivity contribution in [3.63, 3.8) is 0 Å². The Hall–Kier alpha value is -11.5. The summed E-state index contributed by atoms with van der Waals surface area (Å²) in [6, 6.07) is 2.17. The van der Waals surface area contributed by atoms with Crippen molar-refractivity contribution < 1.29 is 132 Å². The lowest BCUT2D eigenvalue weighted by atomic mass is 9.91. The molecule has 26 N–H and O–H groups in total. The zero-order chi connectivity index (χ0) is 86.1. The largest absolute Gasteiger partial charge is 0.480 e. The number of hydrogen-bond acceptors (Lipinski definition) is 25. The van der Waals surface area contributed by atoms with Crippen molar-refractivity contribution in [2.45, 2.75) is 213 Å². The molecular weight excluding hydrogens is 1540 g/mol. The number of aromatic nitrogens is 2. The lowest BCUT2D eigenvalue weighted by molar-refractivity contribution is -0.697. The molecule has 1 fully saturated rings. The van der Waals surface area contributed by atoms with Gasteiger partial charge in [-0.15, -0.1) is 0 Å². The van der Waals surface area contributed by atoms with Gasteiger partial charge in [0.05, 0.1) is 51.0 Å². The van der Waals surface area contributed by atoms with Crippen LogP contribution in [0, 0.1) is 5.92 Å². The van der Waals surface area contributed by atoms with Crippen LogP contribution < -0.4 is 79.8 Å². The van der Waals surface area contributed by atoms with E-state index in [-0.39, 0.29) is 24.5 Å². The number of β-amino-alcohol motifs (C(OH)–C–C–N with tert-alkyl or cyclic N) is 1. The number of carbonyl (C=O) groups is 15. The van der Waals surface area contributed by atoms with Crippen molar-refractivity contribution in [2.75, 3.05) is 26.4 Å². The molecule has 7 rings (SSSR count). The van der Waals surface area contributed by atoms with Gasteiger partial charge in [0.1, 0.15) is 103 Å². The van der Waals surface area contributed by atoms with Crippen LogP contribution in [0.2, 0.25) is 0 Å². The van der Waals surface area contributed by atoms with Crippen LogP contribution in [0.1, 0.15) is 100 Å². The van der Waals surface area contributed by atoms with Crippen LogP contribution in [0.15, 0.2) is 104 Å². The number of nitrogens with zero attached hydrogens (tertiary/aromatic N) is 2. The molecule has 117 heavy (non-hydrogen) atoms. The number of nitrogens with two attached hydrogens (primary N) is 2. The second kappa shape index (κ2) is 44.0. The maximum absolute atomic E-state index is 15.3. The van der Waals surface area contributed by atoms with E-state index in [2.05, 4.69) is 58.5 Å².